The van der Waals surface area contributed by atoms with Crippen LogP contribution < -0.4 is 22.9 Å². The Morgan fingerprint density at radius 2 is 0.917 bits per heavy atom. The van der Waals surface area contributed by atoms with Gasteiger partial charge in [-0.3, -0.25) is 0 Å². The van der Waals surface area contributed by atoms with E-state index in [9.17, 15) is 25.9 Å². The van der Waals surface area contributed by atoms with E-state index in [0.717, 1.165) is 36.3 Å². The number of rotatable bonds is 3. The van der Waals surface area contributed by atoms with Crippen molar-refractivity contribution < 1.29 is 37.4 Å². The van der Waals surface area contributed by atoms with Gasteiger partial charge in [-0.1, -0.05) is 25.0 Å². The largest absolute Gasteiger partial charge is 0.744 e. The number of benzene rings is 2. The molecule has 2 saturated carbocycles. The van der Waals surface area contributed by atoms with Crippen LogP contribution in [0.4, 0.5) is 11.4 Å². The van der Waals surface area contributed by atoms with Gasteiger partial charge in [0.2, 0.25) is 0 Å². The molecule has 12 heteroatoms. The summed E-state index contributed by atoms with van der Waals surface area (Å²) in [4.78, 5) is -1.44. The third kappa shape index (κ3) is 9.68. The molecule has 0 spiro atoms. The summed E-state index contributed by atoms with van der Waals surface area (Å²) in [6.07, 6.45) is 14.1. The summed E-state index contributed by atoms with van der Waals surface area (Å²) in [5.41, 5.74) is 18.4. The molecule has 10 N–H and O–H groups in total. The fraction of sp³-hybridized carbons (Fsp3) is 0.500. The zero-order chi connectivity index (χ0) is 26.9. The standard InChI is InChI=1S/C12H12N2O6S2.2C6H13N/c13-7-1-3-9(11(5-7)21(15,16)17)10-4-2-8(14)6-12(10)22(18,19)20;2*7-6-4-2-1-3-5-6/h1-6H,13-14H2,(H,15,16,17)(H,18,19,20);2*6H,1-5,7H2. The van der Waals surface area contributed by atoms with Crippen LogP contribution in [0.2, 0.25) is 0 Å². The Kier molecular flexibility index (Phi) is 11.1. The smallest absolute Gasteiger partial charge is 0.125 e. The van der Waals surface area contributed by atoms with Crippen molar-refractivity contribution in [1.29, 1.82) is 0 Å². The molecule has 36 heavy (non-hydrogen) atoms. The summed E-state index contributed by atoms with van der Waals surface area (Å²) in [7, 11) is -9.87. The lowest BCUT2D eigenvalue weighted by Crippen LogP contribution is -2.61. The van der Waals surface area contributed by atoms with Gasteiger partial charge >= 0.3 is 0 Å². The first-order chi connectivity index (χ1) is 16.8. The van der Waals surface area contributed by atoms with Crippen LogP contribution >= 0.6 is 0 Å². The minimum absolute atomic E-state index is 0.000139. The van der Waals surface area contributed by atoms with E-state index in [0.29, 0.717) is 0 Å². The van der Waals surface area contributed by atoms with Crippen molar-refractivity contribution in [3.05, 3.63) is 36.4 Å². The lowest BCUT2D eigenvalue weighted by Gasteiger charge is -2.18. The van der Waals surface area contributed by atoms with E-state index < -0.39 is 30.0 Å². The van der Waals surface area contributed by atoms with Gasteiger partial charge in [0.05, 0.1) is 21.9 Å². The van der Waals surface area contributed by atoms with Gasteiger partial charge in [0.25, 0.3) is 0 Å². The highest BCUT2D eigenvalue weighted by Gasteiger charge is 2.18. The molecule has 4 rings (SSSR count). The highest BCUT2D eigenvalue weighted by molar-refractivity contribution is 7.86. The summed E-state index contributed by atoms with van der Waals surface area (Å²) in [5, 5.41) is 0. The van der Waals surface area contributed by atoms with E-state index >= 15 is 0 Å². The maximum Gasteiger partial charge on any atom is 0.125 e. The second kappa shape index (κ2) is 13.4. The molecule has 0 aromatic heterocycles. The predicted molar refractivity (Wildman–Crippen MR) is 136 cm³/mol. The van der Waals surface area contributed by atoms with Crippen molar-refractivity contribution in [3.63, 3.8) is 0 Å². The molecule has 10 nitrogen and oxygen atoms in total. The first-order valence-electron chi connectivity index (χ1n) is 12.2. The normalized spacial score (nSPS) is 17.3. The number of nitrogens with two attached hydrogens (primary N) is 2. The Morgan fingerprint density at radius 3 is 1.14 bits per heavy atom. The summed E-state index contributed by atoms with van der Waals surface area (Å²) in [6, 6.07) is 8.23. The maximum absolute atomic E-state index is 11.3. The summed E-state index contributed by atoms with van der Waals surface area (Å²) in [6.45, 7) is 0. The van der Waals surface area contributed by atoms with Gasteiger partial charge in [-0.25, -0.2) is 16.8 Å². The molecule has 202 valence electrons. The zero-order valence-corrected chi connectivity index (χ0v) is 22.2. The monoisotopic (exact) mass is 542 g/mol. The van der Waals surface area contributed by atoms with Crippen molar-refractivity contribution in [2.24, 2.45) is 0 Å². The van der Waals surface area contributed by atoms with Crippen LogP contribution in [0.5, 0.6) is 0 Å². The fourth-order valence-electron chi connectivity index (χ4n) is 4.31. The average Bonchev–Trinajstić information content (AvgIpc) is 2.80. The van der Waals surface area contributed by atoms with Crippen LogP contribution in [0.3, 0.4) is 0 Å². The maximum atomic E-state index is 11.3. The lowest BCUT2D eigenvalue weighted by molar-refractivity contribution is -0.425. The topological polar surface area (TPSA) is 222 Å². The molecule has 0 aliphatic heterocycles. The molecule has 0 bridgehead atoms. The van der Waals surface area contributed by atoms with E-state index in [2.05, 4.69) is 11.5 Å². The molecule has 2 fully saturated rings. The van der Waals surface area contributed by atoms with Crippen molar-refractivity contribution in [1.82, 2.24) is 0 Å². The first-order valence-corrected chi connectivity index (χ1v) is 15.0. The van der Waals surface area contributed by atoms with E-state index in [1.165, 1.54) is 76.3 Å². The quantitative estimate of drug-likeness (QED) is 0.327. The molecule has 2 aromatic rings. The van der Waals surface area contributed by atoms with Crippen LogP contribution in [0.1, 0.15) is 64.2 Å². The molecular formula is C24H38N4O6S2. The zero-order valence-electron chi connectivity index (χ0n) is 20.5. The molecule has 0 atom stereocenters. The summed E-state index contributed by atoms with van der Waals surface area (Å²) < 4.78 is 68.1. The van der Waals surface area contributed by atoms with E-state index in [4.69, 9.17) is 11.5 Å². The lowest BCUT2D eigenvalue weighted by atomic mass is 9.97. The number of anilines is 2. The highest BCUT2D eigenvalue weighted by atomic mass is 32.2. The molecule has 2 aromatic carbocycles. The Morgan fingerprint density at radius 1 is 0.611 bits per heavy atom. The van der Waals surface area contributed by atoms with Crippen molar-refractivity contribution in [2.45, 2.75) is 86.1 Å². The molecule has 0 unspecified atom stereocenters. The van der Waals surface area contributed by atoms with Crippen LogP contribution in [-0.2, 0) is 20.2 Å². The summed E-state index contributed by atoms with van der Waals surface area (Å²) in [5.74, 6) is 0. The average molecular weight is 543 g/mol. The minimum Gasteiger partial charge on any atom is -0.744 e. The number of quaternary nitrogens is 2. The molecule has 2 aliphatic rings. The molecule has 0 heterocycles. The van der Waals surface area contributed by atoms with Crippen LogP contribution in [0.15, 0.2) is 46.2 Å². The molecule has 0 radical (unpaired) electrons. The number of hydrogen-bond donors (Lipinski definition) is 4. The van der Waals surface area contributed by atoms with Crippen LogP contribution in [-0.4, -0.2) is 38.0 Å². The second-order valence-corrected chi connectivity index (χ2v) is 12.1. The fourth-order valence-corrected chi connectivity index (χ4v) is 5.77. The number of nitrogen functional groups attached to an aromatic ring is 2. The van der Waals surface area contributed by atoms with Crippen molar-refractivity contribution in [2.75, 3.05) is 11.5 Å². The van der Waals surface area contributed by atoms with E-state index in [-0.39, 0.29) is 22.5 Å². The highest BCUT2D eigenvalue weighted by Crippen LogP contribution is 2.34. The van der Waals surface area contributed by atoms with Gasteiger partial charge in [0, 0.05) is 22.5 Å². The van der Waals surface area contributed by atoms with Gasteiger partial charge in [-0.15, -0.1) is 0 Å². The van der Waals surface area contributed by atoms with Crippen molar-refractivity contribution >= 4 is 31.6 Å². The Hall–Kier alpha value is -2.22. The minimum atomic E-state index is -4.93. The van der Waals surface area contributed by atoms with E-state index in [1.807, 2.05) is 0 Å². The second-order valence-electron chi connectivity index (χ2n) is 9.43. The Balaban J connectivity index is 0.000000262. The first kappa shape index (κ1) is 30.0. The van der Waals surface area contributed by atoms with Gasteiger partial charge in [0.15, 0.2) is 0 Å². The third-order valence-corrected chi connectivity index (χ3v) is 8.04. The Bertz CT molecular complexity index is 1110. The van der Waals surface area contributed by atoms with Crippen molar-refractivity contribution in [3.8, 4) is 11.1 Å². The van der Waals surface area contributed by atoms with Gasteiger partial charge in [0.1, 0.15) is 20.2 Å². The molecule has 0 saturated heterocycles. The molecule has 0 amide bonds. The molecule has 2 aliphatic carbocycles. The van der Waals surface area contributed by atoms with Gasteiger partial charge in [-0.2, -0.15) is 0 Å². The SMILES string of the molecule is Nc1ccc(-c2ccc(N)cc2S(=O)(=O)[O-])c(S(=O)(=O)[O-])c1.[NH3+]C1CCCCC1.[NH3+]C1CCCCC1. The third-order valence-electron chi connectivity index (χ3n) is 6.29. The van der Waals surface area contributed by atoms with E-state index in [1.54, 1.807) is 0 Å². The number of hydrogen-bond acceptors (Lipinski definition) is 8. The van der Waals surface area contributed by atoms with Crippen LogP contribution in [0.25, 0.3) is 11.1 Å². The van der Waals surface area contributed by atoms with Gasteiger partial charge < -0.3 is 32.0 Å². The molecular weight excluding hydrogens is 504 g/mol. The predicted octanol–water partition coefficient (Wildman–Crippen LogP) is 1.45. The Labute approximate surface area is 213 Å². The van der Waals surface area contributed by atoms with Crippen LogP contribution in [0, 0.1) is 0 Å². The van der Waals surface area contributed by atoms with Gasteiger partial charge in [-0.05, 0) is 75.6 Å². The summed E-state index contributed by atoms with van der Waals surface area (Å²) >= 11 is 0.